The third-order valence-electron chi connectivity index (χ3n) is 2.34. The second-order valence-electron chi connectivity index (χ2n) is 3.90. The van der Waals surface area contributed by atoms with Crippen molar-refractivity contribution in [1.82, 2.24) is 0 Å². The van der Waals surface area contributed by atoms with Gasteiger partial charge in [0.2, 0.25) is 0 Å². The van der Waals surface area contributed by atoms with Crippen molar-refractivity contribution in [2.45, 2.75) is 20.4 Å². The van der Waals surface area contributed by atoms with Crippen molar-refractivity contribution in [3.63, 3.8) is 0 Å². The summed E-state index contributed by atoms with van der Waals surface area (Å²) in [7, 11) is 0. The van der Waals surface area contributed by atoms with Gasteiger partial charge in [-0.25, -0.2) is 4.99 Å². The van der Waals surface area contributed by atoms with E-state index in [-0.39, 0.29) is 5.96 Å². The fraction of sp³-hybridized carbons (Fsp3) is 0.462. The minimum Gasteiger partial charge on any atom is -0.491 e. The zero-order valence-corrected chi connectivity index (χ0v) is 11.0. The highest BCUT2D eigenvalue weighted by molar-refractivity contribution is 5.75. The van der Waals surface area contributed by atoms with E-state index in [1.54, 1.807) is 0 Å². The first-order valence-corrected chi connectivity index (χ1v) is 5.99. The smallest absolute Gasteiger partial charge is 0.186 e. The Labute approximate surface area is 108 Å². The number of nitrogens with zero attached hydrogens (tertiary/aromatic N) is 1. The van der Waals surface area contributed by atoms with E-state index < -0.39 is 0 Å². The molecular formula is C13H21N3O2. The second kappa shape index (κ2) is 7.55. The minimum atomic E-state index is 0.0795. The van der Waals surface area contributed by atoms with Gasteiger partial charge in [-0.15, -0.1) is 0 Å². The van der Waals surface area contributed by atoms with E-state index >= 15 is 0 Å². The van der Waals surface area contributed by atoms with Crippen LogP contribution in [0.1, 0.15) is 18.1 Å². The molecule has 4 N–H and O–H groups in total. The summed E-state index contributed by atoms with van der Waals surface area (Å²) in [5, 5.41) is 0. The number of hydrogen-bond acceptors (Lipinski definition) is 3. The van der Waals surface area contributed by atoms with Crippen molar-refractivity contribution in [2.24, 2.45) is 16.5 Å². The van der Waals surface area contributed by atoms with Gasteiger partial charge in [-0.2, -0.15) is 0 Å². The quantitative estimate of drug-likeness (QED) is 0.433. The average molecular weight is 251 g/mol. The molecule has 5 nitrogen and oxygen atoms in total. The van der Waals surface area contributed by atoms with Crippen LogP contribution in [0.25, 0.3) is 0 Å². The van der Waals surface area contributed by atoms with Crippen LogP contribution in [0.2, 0.25) is 0 Å². The second-order valence-corrected chi connectivity index (χ2v) is 3.90. The molecule has 5 heteroatoms. The molecule has 0 heterocycles. The van der Waals surface area contributed by atoms with Gasteiger partial charge in [-0.3, -0.25) is 0 Å². The summed E-state index contributed by atoms with van der Waals surface area (Å²) in [5.74, 6) is 0.885. The number of nitrogens with two attached hydrogens (primary N) is 2. The zero-order chi connectivity index (χ0) is 13.4. The molecule has 0 atom stereocenters. The maximum absolute atomic E-state index is 5.68. The van der Waals surface area contributed by atoms with Gasteiger partial charge >= 0.3 is 0 Å². The predicted molar refractivity (Wildman–Crippen MR) is 72.7 cm³/mol. The zero-order valence-electron chi connectivity index (χ0n) is 11.0. The van der Waals surface area contributed by atoms with Crippen LogP contribution < -0.4 is 16.2 Å². The summed E-state index contributed by atoms with van der Waals surface area (Å²) in [5.41, 5.74) is 12.8. The van der Waals surface area contributed by atoms with Crippen molar-refractivity contribution in [1.29, 1.82) is 0 Å². The largest absolute Gasteiger partial charge is 0.491 e. The van der Waals surface area contributed by atoms with Gasteiger partial charge < -0.3 is 20.9 Å². The molecule has 0 amide bonds. The Morgan fingerprint density at radius 1 is 1.28 bits per heavy atom. The fourth-order valence-electron chi connectivity index (χ4n) is 1.46. The van der Waals surface area contributed by atoms with Gasteiger partial charge in [0.05, 0.1) is 13.2 Å². The van der Waals surface area contributed by atoms with E-state index in [2.05, 4.69) is 4.99 Å². The highest BCUT2D eigenvalue weighted by atomic mass is 16.5. The number of benzene rings is 1. The number of hydrogen-bond donors (Lipinski definition) is 2. The van der Waals surface area contributed by atoms with Gasteiger partial charge in [-0.1, -0.05) is 12.1 Å². The molecule has 0 aliphatic carbocycles. The molecule has 0 spiro atoms. The lowest BCUT2D eigenvalue weighted by atomic mass is 10.1. The maximum atomic E-state index is 5.68. The highest BCUT2D eigenvalue weighted by Gasteiger charge is 2.04. The van der Waals surface area contributed by atoms with Crippen LogP contribution in [-0.4, -0.2) is 25.8 Å². The van der Waals surface area contributed by atoms with Crippen LogP contribution in [0.5, 0.6) is 5.75 Å². The first-order chi connectivity index (χ1) is 8.63. The van der Waals surface area contributed by atoms with Gasteiger partial charge in [0, 0.05) is 12.2 Å². The van der Waals surface area contributed by atoms with E-state index in [9.17, 15) is 0 Å². The van der Waals surface area contributed by atoms with E-state index in [1.165, 1.54) is 0 Å². The van der Waals surface area contributed by atoms with Crippen LogP contribution in [0, 0.1) is 6.92 Å². The summed E-state index contributed by atoms with van der Waals surface area (Å²) in [6.45, 7) is 6.18. The molecule has 0 saturated carbocycles. The van der Waals surface area contributed by atoms with Crippen LogP contribution in [0.4, 0.5) is 0 Å². The molecule has 1 rings (SSSR count). The Kier molecular flexibility index (Phi) is 6.00. The highest BCUT2D eigenvalue weighted by Crippen LogP contribution is 2.21. The predicted octanol–water partition coefficient (Wildman–Crippen LogP) is 1.18. The Balaban J connectivity index is 2.67. The lowest BCUT2D eigenvalue weighted by Crippen LogP contribution is -2.22. The Morgan fingerprint density at radius 3 is 2.72 bits per heavy atom. The van der Waals surface area contributed by atoms with Gasteiger partial charge in [0.15, 0.2) is 5.96 Å². The number of guanidine groups is 1. The topological polar surface area (TPSA) is 82.9 Å². The van der Waals surface area contributed by atoms with Crippen LogP contribution >= 0.6 is 0 Å². The number of ether oxygens (including phenoxy) is 2. The molecule has 0 unspecified atom stereocenters. The molecule has 18 heavy (non-hydrogen) atoms. The molecule has 0 fully saturated rings. The first kappa shape index (κ1) is 14.3. The summed E-state index contributed by atoms with van der Waals surface area (Å²) in [6, 6.07) is 5.95. The van der Waals surface area contributed by atoms with Gasteiger partial charge in [0.1, 0.15) is 12.4 Å². The van der Waals surface area contributed by atoms with Crippen molar-refractivity contribution in [3.8, 4) is 5.75 Å². The lowest BCUT2D eigenvalue weighted by molar-refractivity contribution is 0.110. The van der Waals surface area contributed by atoms with Crippen molar-refractivity contribution < 1.29 is 9.47 Å². The monoisotopic (exact) mass is 251 g/mol. The normalized spacial score (nSPS) is 10.1. The summed E-state index contributed by atoms with van der Waals surface area (Å²) < 4.78 is 10.9. The van der Waals surface area contributed by atoms with E-state index in [0.29, 0.717) is 26.4 Å². The lowest BCUT2D eigenvalue weighted by Gasteiger charge is -2.11. The molecule has 100 valence electrons. The third kappa shape index (κ3) is 5.05. The number of rotatable bonds is 7. The Hall–Kier alpha value is -1.75. The van der Waals surface area contributed by atoms with Crippen molar-refractivity contribution >= 4 is 5.96 Å². The Bertz CT molecular complexity index is 401. The molecule has 0 saturated heterocycles. The SMILES string of the molecule is CCOCCOc1cc(C)ccc1CN=C(N)N. The standard InChI is InChI=1S/C13H21N3O2/c1-3-17-6-7-18-12-8-10(2)4-5-11(12)9-16-13(14)15/h4-5,8H,3,6-7,9H2,1-2H3,(H4,14,15,16). The molecule has 1 aromatic carbocycles. The number of aryl methyl sites for hydroxylation is 1. The number of aliphatic imine (C=N–C) groups is 1. The molecule has 0 aromatic heterocycles. The Morgan fingerprint density at radius 2 is 2.06 bits per heavy atom. The molecule has 0 aliphatic rings. The van der Waals surface area contributed by atoms with Crippen LogP contribution in [0.15, 0.2) is 23.2 Å². The molecule has 0 radical (unpaired) electrons. The van der Waals surface area contributed by atoms with Crippen LogP contribution in [-0.2, 0) is 11.3 Å². The summed E-state index contributed by atoms with van der Waals surface area (Å²) >= 11 is 0. The summed E-state index contributed by atoms with van der Waals surface area (Å²) in [6.07, 6.45) is 0. The van der Waals surface area contributed by atoms with E-state index in [0.717, 1.165) is 16.9 Å². The molecular weight excluding hydrogens is 230 g/mol. The molecule has 0 aliphatic heterocycles. The van der Waals surface area contributed by atoms with Crippen molar-refractivity contribution in [2.75, 3.05) is 19.8 Å². The minimum absolute atomic E-state index is 0.0795. The van der Waals surface area contributed by atoms with Gasteiger partial charge in [-0.05, 0) is 25.5 Å². The molecule has 1 aromatic rings. The average Bonchev–Trinajstić information content (AvgIpc) is 2.33. The van der Waals surface area contributed by atoms with E-state index in [1.807, 2.05) is 32.0 Å². The van der Waals surface area contributed by atoms with Crippen LogP contribution in [0.3, 0.4) is 0 Å². The van der Waals surface area contributed by atoms with E-state index in [4.69, 9.17) is 20.9 Å². The molecule has 0 bridgehead atoms. The first-order valence-electron chi connectivity index (χ1n) is 5.99. The summed E-state index contributed by atoms with van der Waals surface area (Å²) in [4.78, 5) is 3.99. The van der Waals surface area contributed by atoms with Crippen molar-refractivity contribution in [3.05, 3.63) is 29.3 Å². The fourth-order valence-corrected chi connectivity index (χ4v) is 1.46. The maximum Gasteiger partial charge on any atom is 0.186 e. The third-order valence-corrected chi connectivity index (χ3v) is 2.34. The van der Waals surface area contributed by atoms with Gasteiger partial charge in [0.25, 0.3) is 0 Å².